The normalized spacial score (nSPS) is 12.4. The second-order valence-electron chi connectivity index (χ2n) is 4.12. The molecule has 0 amide bonds. The summed E-state index contributed by atoms with van der Waals surface area (Å²) in [5.74, 6) is -0.191. The maximum Gasteiger partial charge on any atom is 0.124 e. The highest BCUT2D eigenvalue weighted by molar-refractivity contribution is 14.1. The summed E-state index contributed by atoms with van der Waals surface area (Å²) in [5.41, 5.74) is 3.62. The third kappa shape index (κ3) is 3.12. The molecule has 0 saturated heterocycles. The number of hydrogen-bond acceptors (Lipinski definition) is 0. The van der Waals surface area contributed by atoms with Crippen molar-refractivity contribution >= 4 is 38.5 Å². The van der Waals surface area contributed by atoms with Gasteiger partial charge in [-0.05, 0) is 57.8 Å². The van der Waals surface area contributed by atoms with Gasteiger partial charge >= 0.3 is 0 Å². The molecule has 0 aliphatic heterocycles. The lowest BCUT2D eigenvalue weighted by Crippen LogP contribution is -1.97. The molecule has 94 valence electrons. The minimum absolute atomic E-state index is 0.107. The summed E-state index contributed by atoms with van der Waals surface area (Å²) in [5, 5.41) is 0. The standard InChI is InChI=1S/C15H13BrFI/c1-2-10-3-5-11(6-4-10)15(16)13-8-7-12(17)9-14(13)18/h3-9,15H,2H2,1H3. The van der Waals surface area contributed by atoms with E-state index < -0.39 is 0 Å². The highest BCUT2D eigenvalue weighted by Gasteiger charge is 2.13. The van der Waals surface area contributed by atoms with Gasteiger partial charge in [-0.3, -0.25) is 0 Å². The topological polar surface area (TPSA) is 0 Å². The number of aryl methyl sites for hydroxylation is 1. The Kier molecular flexibility index (Phi) is 4.78. The summed E-state index contributed by atoms with van der Waals surface area (Å²) >= 11 is 5.86. The molecule has 1 unspecified atom stereocenters. The highest BCUT2D eigenvalue weighted by Crippen LogP contribution is 2.33. The summed E-state index contributed by atoms with van der Waals surface area (Å²) in [4.78, 5) is 0.107. The van der Waals surface area contributed by atoms with Gasteiger partial charge in [0.1, 0.15) is 5.82 Å². The van der Waals surface area contributed by atoms with E-state index in [1.54, 1.807) is 6.07 Å². The quantitative estimate of drug-likeness (QED) is 0.457. The maximum absolute atomic E-state index is 13.1. The monoisotopic (exact) mass is 418 g/mol. The molecule has 0 fully saturated rings. The average Bonchev–Trinajstić information content (AvgIpc) is 2.38. The molecule has 0 spiro atoms. The second kappa shape index (κ2) is 6.15. The number of benzene rings is 2. The molecule has 0 aromatic heterocycles. The van der Waals surface area contributed by atoms with Crippen LogP contribution in [0, 0.1) is 9.39 Å². The van der Waals surface area contributed by atoms with Gasteiger partial charge in [-0.1, -0.05) is 53.2 Å². The van der Waals surface area contributed by atoms with Crippen molar-refractivity contribution in [2.75, 3.05) is 0 Å². The smallest absolute Gasteiger partial charge is 0.124 e. The van der Waals surface area contributed by atoms with E-state index in [0.717, 1.165) is 15.6 Å². The van der Waals surface area contributed by atoms with Crippen LogP contribution in [0.2, 0.25) is 0 Å². The molecule has 2 aromatic carbocycles. The summed E-state index contributed by atoms with van der Waals surface area (Å²) in [6.45, 7) is 2.14. The fraction of sp³-hybridized carbons (Fsp3) is 0.200. The third-order valence-electron chi connectivity index (χ3n) is 2.92. The van der Waals surface area contributed by atoms with E-state index in [1.165, 1.54) is 17.2 Å². The first-order chi connectivity index (χ1) is 8.61. The zero-order chi connectivity index (χ0) is 13.1. The molecule has 0 aliphatic carbocycles. The molecule has 0 saturated carbocycles. The van der Waals surface area contributed by atoms with Crippen molar-refractivity contribution in [1.29, 1.82) is 0 Å². The maximum atomic E-state index is 13.1. The van der Waals surface area contributed by atoms with E-state index in [1.807, 2.05) is 6.07 Å². The van der Waals surface area contributed by atoms with Crippen LogP contribution in [0.3, 0.4) is 0 Å². The first-order valence-electron chi connectivity index (χ1n) is 5.79. The molecule has 1 atom stereocenters. The number of rotatable bonds is 3. The van der Waals surface area contributed by atoms with Crippen LogP contribution in [0.1, 0.15) is 28.4 Å². The van der Waals surface area contributed by atoms with Crippen LogP contribution in [0.25, 0.3) is 0 Å². The fourth-order valence-corrected chi connectivity index (χ4v) is 3.73. The Hall–Kier alpha value is -0.420. The molecule has 2 rings (SSSR count). The van der Waals surface area contributed by atoms with Crippen LogP contribution in [-0.2, 0) is 6.42 Å². The molecular formula is C15H13BrFI. The van der Waals surface area contributed by atoms with Crippen molar-refractivity contribution in [3.8, 4) is 0 Å². The summed E-state index contributed by atoms with van der Waals surface area (Å²) in [6, 6.07) is 13.4. The van der Waals surface area contributed by atoms with Gasteiger partial charge in [0.2, 0.25) is 0 Å². The zero-order valence-corrected chi connectivity index (χ0v) is 13.7. The van der Waals surface area contributed by atoms with E-state index >= 15 is 0 Å². The van der Waals surface area contributed by atoms with Gasteiger partial charge in [0, 0.05) is 3.57 Å². The van der Waals surface area contributed by atoms with Crippen LogP contribution in [-0.4, -0.2) is 0 Å². The van der Waals surface area contributed by atoms with E-state index in [2.05, 4.69) is 69.7 Å². The van der Waals surface area contributed by atoms with Gasteiger partial charge in [0.05, 0.1) is 4.83 Å². The molecule has 0 aliphatic rings. The summed E-state index contributed by atoms with van der Waals surface area (Å²) < 4.78 is 14.0. The Balaban J connectivity index is 2.31. The number of halogens is 3. The molecule has 0 N–H and O–H groups in total. The van der Waals surface area contributed by atoms with Crippen molar-refractivity contribution in [2.45, 2.75) is 18.2 Å². The van der Waals surface area contributed by atoms with Crippen molar-refractivity contribution in [3.63, 3.8) is 0 Å². The Labute approximate surface area is 129 Å². The number of hydrogen-bond donors (Lipinski definition) is 0. The van der Waals surface area contributed by atoms with Crippen LogP contribution in [0.4, 0.5) is 4.39 Å². The average molecular weight is 419 g/mol. The van der Waals surface area contributed by atoms with E-state index in [4.69, 9.17) is 0 Å². The fourth-order valence-electron chi connectivity index (χ4n) is 1.81. The predicted molar refractivity (Wildman–Crippen MR) is 85.7 cm³/mol. The molecule has 0 bridgehead atoms. The Morgan fingerprint density at radius 3 is 2.39 bits per heavy atom. The van der Waals surface area contributed by atoms with Crippen LogP contribution in [0.5, 0.6) is 0 Å². The van der Waals surface area contributed by atoms with Gasteiger partial charge in [0.25, 0.3) is 0 Å². The first kappa shape index (κ1) is 14.0. The Bertz CT molecular complexity index is 537. The summed E-state index contributed by atoms with van der Waals surface area (Å²) in [6.07, 6.45) is 1.04. The SMILES string of the molecule is CCc1ccc(C(Br)c2ccc(F)cc2I)cc1. The minimum Gasteiger partial charge on any atom is -0.207 e. The third-order valence-corrected chi connectivity index (χ3v) is 4.87. The summed E-state index contributed by atoms with van der Waals surface area (Å²) in [7, 11) is 0. The largest absolute Gasteiger partial charge is 0.207 e. The molecule has 3 heteroatoms. The molecular weight excluding hydrogens is 406 g/mol. The van der Waals surface area contributed by atoms with E-state index in [-0.39, 0.29) is 10.6 Å². The minimum atomic E-state index is -0.191. The Morgan fingerprint density at radius 2 is 1.83 bits per heavy atom. The first-order valence-corrected chi connectivity index (χ1v) is 7.79. The van der Waals surface area contributed by atoms with Gasteiger partial charge in [-0.15, -0.1) is 0 Å². The van der Waals surface area contributed by atoms with Crippen LogP contribution in [0.15, 0.2) is 42.5 Å². The van der Waals surface area contributed by atoms with Crippen molar-refractivity contribution in [3.05, 3.63) is 68.5 Å². The van der Waals surface area contributed by atoms with E-state index in [9.17, 15) is 4.39 Å². The molecule has 0 heterocycles. The molecule has 0 nitrogen and oxygen atoms in total. The Morgan fingerprint density at radius 1 is 1.17 bits per heavy atom. The van der Waals surface area contributed by atoms with E-state index in [0.29, 0.717) is 0 Å². The van der Waals surface area contributed by atoms with Crippen molar-refractivity contribution < 1.29 is 4.39 Å². The molecule has 18 heavy (non-hydrogen) atoms. The van der Waals surface area contributed by atoms with Gasteiger partial charge in [-0.2, -0.15) is 0 Å². The van der Waals surface area contributed by atoms with Crippen LogP contribution < -0.4 is 0 Å². The lowest BCUT2D eigenvalue weighted by atomic mass is 10.0. The second-order valence-corrected chi connectivity index (χ2v) is 6.20. The van der Waals surface area contributed by atoms with Crippen molar-refractivity contribution in [2.24, 2.45) is 0 Å². The number of alkyl halides is 1. The zero-order valence-electron chi connectivity index (χ0n) is 9.96. The highest BCUT2D eigenvalue weighted by atomic mass is 127. The van der Waals surface area contributed by atoms with Gasteiger partial charge in [-0.25, -0.2) is 4.39 Å². The lowest BCUT2D eigenvalue weighted by Gasteiger charge is -2.13. The van der Waals surface area contributed by atoms with Crippen molar-refractivity contribution in [1.82, 2.24) is 0 Å². The predicted octanol–water partition coefficient (Wildman–Crippen LogP) is 5.48. The molecule has 2 aromatic rings. The molecule has 0 radical (unpaired) electrons. The lowest BCUT2D eigenvalue weighted by molar-refractivity contribution is 0.626. The van der Waals surface area contributed by atoms with Crippen LogP contribution >= 0.6 is 38.5 Å². The van der Waals surface area contributed by atoms with Gasteiger partial charge < -0.3 is 0 Å². The van der Waals surface area contributed by atoms with Gasteiger partial charge in [0.15, 0.2) is 0 Å².